The quantitative estimate of drug-likeness (QED) is 0.720. The van der Waals surface area contributed by atoms with Crippen LogP contribution in [-0.4, -0.2) is 41.7 Å². The molecule has 0 radical (unpaired) electrons. The summed E-state index contributed by atoms with van der Waals surface area (Å²) in [5, 5.41) is 12.0. The molecule has 1 unspecified atom stereocenters. The van der Waals surface area contributed by atoms with E-state index in [0.29, 0.717) is 30.2 Å². The number of benzene rings is 1. The molecule has 1 saturated heterocycles. The molecule has 0 spiro atoms. The molecule has 0 aliphatic carbocycles. The zero-order valence-corrected chi connectivity index (χ0v) is 13.2. The van der Waals surface area contributed by atoms with Crippen molar-refractivity contribution in [1.82, 2.24) is 20.8 Å². The number of methoxy groups -OCH3 is 1. The standard InChI is InChI=1S/C16H18N4O4/c1-23-13-4-2-3-5-14(13)24-9-10-8-12(20-19-10)16(22)18-11-6-7-17-15(11)21/h2-5,8,11H,6-7,9H2,1H3,(H,17,21)(H,18,22)(H,19,20). The zero-order valence-electron chi connectivity index (χ0n) is 13.2. The fourth-order valence-electron chi connectivity index (χ4n) is 2.41. The first-order valence-corrected chi connectivity index (χ1v) is 7.56. The summed E-state index contributed by atoms with van der Waals surface area (Å²) >= 11 is 0. The van der Waals surface area contributed by atoms with Crippen LogP contribution < -0.4 is 20.1 Å². The number of aromatic amines is 1. The van der Waals surface area contributed by atoms with Gasteiger partial charge in [0.2, 0.25) is 5.91 Å². The molecule has 8 nitrogen and oxygen atoms in total. The maximum absolute atomic E-state index is 12.1. The number of rotatable bonds is 6. The summed E-state index contributed by atoms with van der Waals surface area (Å²) in [6, 6.07) is 8.38. The van der Waals surface area contributed by atoms with Crippen LogP contribution in [0.25, 0.3) is 0 Å². The average Bonchev–Trinajstić information content (AvgIpc) is 3.23. The smallest absolute Gasteiger partial charge is 0.272 e. The highest BCUT2D eigenvalue weighted by Crippen LogP contribution is 2.26. The number of ether oxygens (including phenoxy) is 2. The van der Waals surface area contributed by atoms with E-state index in [1.165, 1.54) is 0 Å². The predicted octanol–water partition coefficient (Wildman–Crippen LogP) is 0.616. The predicted molar refractivity (Wildman–Crippen MR) is 84.8 cm³/mol. The Hall–Kier alpha value is -3.03. The molecule has 126 valence electrons. The van der Waals surface area contributed by atoms with Gasteiger partial charge >= 0.3 is 0 Å². The largest absolute Gasteiger partial charge is 0.493 e. The van der Waals surface area contributed by atoms with E-state index in [-0.39, 0.29) is 18.2 Å². The third-order valence-corrected chi connectivity index (χ3v) is 3.67. The number of nitrogens with one attached hydrogen (secondary N) is 3. The summed E-state index contributed by atoms with van der Waals surface area (Å²) < 4.78 is 10.9. The lowest BCUT2D eigenvalue weighted by atomic mass is 10.2. The number of H-pyrrole nitrogens is 1. The van der Waals surface area contributed by atoms with E-state index < -0.39 is 11.9 Å². The van der Waals surface area contributed by atoms with Crippen molar-refractivity contribution in [3.63, 3.8) is 0 Å². The zero-order chi connectivity index (χ0) is 16.9. The SMILES string of the molecule is COc1ccccc1OCc1cc(C(=O)NC2CCNC2=O)n[nH]1. The number of nitrogens with zero attached hydrogens (tertiary/aromatic N) is 1. The van der Waals surface area contributed by atoms with Crippen LogP contribution in [0.5, 0.6) is 11.5 Å². The minimum atomic E-state index is -0.498. The monoisotopic (exact) mass is 330 g/mol. The first-order valence-electron chi connectivity index (χ1n) is 7.56. The maximum Gasteiger partial charge on any atom is 0.272 e. The number of hydrogen-bond acceptors (Lipinski definition) is 5. The van der Waals surface area contributed by atoms with Gasteiger partial charge in [0.15, 0.2) is 11.5 Å². The highest BCUT2D eigenvalue weighted by Gasteiger charge is 2.26. The van der Waals surface area contributed by atoms with E-state index in [0.717, 1.165) is 0 Å². The van der Waals surface area contributed by atoms with E-state index in [1.807, 2.05) is 12.1 Å². The van der Waals surface area contributed by atoms with Crippen LogP contribution in [0.15, 0.2) is 30.3 Å². The van der Waals surface area contributed by atoms with E-state index in [4.69, 9.17) is 9.47 Å². The second kappa shape index (κ2) is 7.03. The molecule has 0 saturated carbocycles. The van der Waals surface area contributed by atoms with Gasteiger partial charge < -0.3 is 20.1 Å². The Kier molecular flexibility index (Phi) is 4.64. The lowest BCUT2D eigenvalue weighted by Crippen LogP contribution is -2.40. The summed E-state index contributed by atoms with van der Waals surface area (Å²) in [4.78, 5) is 23.6. The summed E-state index contributed by atoms with van der Waals surface area (Å²) in [6.07, 6.45) is 0.582. The van der Waals surface area contributed by atoms with Crippen molar-refractivity contribution in [2.24, 2.45) is 0 Å². The maximum atomic E-state index is 12.1. The van der Waals surface area contributed by atoms with Crippen molar-refractivity contribution in [3.05, 3.63) is 41.7 Å². The van der Waals surface area contributed by atoms with Crippen LogP contribution in [-0.2, 0) is 11.4 Å². The Bertz CT molecular complexity index is 743. The molecule has 1 atom stereocenters. The van der Waals surface area contributed by atoms with Gasteiger partial charge in [-0.05, 0) is 24.6 Å². The number of hydrogen-bond donors (Lipinski definition) is 3. The molecule has 24 heavy (non-hydrogen) atoms. The number of para-hydroxylation sites is 2. The summed E-state index contributed by atoms with van der Waals surface area (Å²) in [6.45, 7) is 0.785. The second-order valence-electron chi connectivity index (χ2n) is 5.32. The van der Waals surface area contributed by atoms with Crippen molar-refractivity contribution < 1.29 is 19.1 Å². The third kappa shape index (κ3) is 3.48. The Labute approximate surface area is 138 Å². The van der Waals surface area contributed by atoms with E-state index in [2.05, 4.69) is 20.8 Å². The number of carbonyl (C=O) groups is 2. The van der Waals surface area contributed by atoms with E-state index in [9.17, 15) is 9.59 Å². The number of carbonyl (C=O) groups excluding carboxylic acids is 2. The fraction of sp³-hybridized carbons (Fsp3) is 0.312. The van der Waals surface area contributed by atoms with Crippen LogP contribution in [0.3, 0.4) is 0 Å². The van der Waals surface area contributed by atoms with Gasteiger partial charge in [0.25, 0.3) is 5.91 Å². The van der Waals surface area contributed by atoms with E-state index in [1.54, 1.807) is 25.3 Å². The van der Waals surface area contributed by atoms with Crippen molar-refractivity contribution >= 4 is 11.8 Å². The van der Waals surface area contributed by atoms with Crippen LogP contribution in [0, 0.1) is 0 Å². The molecule has 1 aliphatic heterocycles. The molecule has 2 aromatic rings. The molecule has 3 N–H and O–H groups in total. The molecule has 2 amide bonds. The Morgan fingerprint density at radius 1 is 1.38 bits per heavy atom. The molecule has 1 aromatic heterocycles. The molecule has 1 aromatic carbocycles. The lowest BCUT2D eigenvalue weighted by molar-refractivity contribution is -0.120. The normalized spacial score (nSPS) is 16.5. The van der Waals surface area contributed by atoms with Gasteiger partial charge in [0, 0.05) is 6.54 Å². The molecule has 1 aliphatic rings. The van der Waals surface area contributed by atoms with Crippen LogP contribution >= 0.6 is 0 Å². The third-order valence-electron chi connectivity index (χ3n) is 3.67. The fourth-order valence-corrected chi connectivity index (χ4v) is 2.41. The molecular formula is C16H18N4O4. The number of aromatic nitrogens is 2. The average molecular weight is 330 g/mol. The van der Waals surface area contributed by atoms with Crippen LogP contribution in [0.2, 0.25) is 0 Å². The van der Waals surface area contributed by atoms with Gasteiger partial charge in [-0.1, -0.05) is 12.1 Å². The number of amides is 2. The van der Waals surface area contributed by atoms with Gasteiger partial charge in [0.1, 0.15) is 18.3 Å². The minimum Gasteiger partial charge on any atom is -0.493 e. The van der Waals surface area contributed by atoms with Gasteiger partial charge in [-0.3, -0.25) is 14.7 Å². The van der Waals surface area contributed by atoms with Gasteiger partial charge in [-0.15, -0.1) is 0 Å². The van der Waals surface area contributed by atoms with Crippen molar-refractivity contribution in [3.8, 4) is 11.5 Å². The molecular weight excluding hydrogens is 312 g/mol. The molecule has 0 bridgehead atoms. The van der Waals surface area contributed by atoms with Crippen molar-refractivity contribution in [2.75, 3.05) is 13.7 Å². The van der Waals surface area contributed by atoms with Crippen molar-refractivity contribution in [2.45, 2.75) is 19.1 Å². The van der Waals surface area contributed by atoms with Crippen LogP contribution in [0.4, 0.5) is 0 Å². The molecule has 3 rings (SSSR count). The molecule has 1 fully saturated rings. The van der Waals surface area contributed by atoms with Gasteiger partial charge in [-0.25, -0.2) is 0 Å². The highest BCUT2D eigenvalue weighted by molar-refractivity contribution is 5.96. The van der Waals surface area contributed by atoms with E-state index >= 15 is 0 Å². The molecule has 8 heteroatoms. The Morgan fingerprint density at radius 3 is 2.88 bits per heavy atom. The highest BCUT2D eigenvalue weighted by atomic mass is 16.5. The topological polar surface area (TPSA) is 105 Å². The molecule has 2 heterocycles. The second-order valence-corrected chi connectivity index (χ2v) is 5.32. The first kappa shape index (κ1) is 15.9. The van der Waals surface area contributed by atoms with Gasteiger partial charge in [-0.2, -0.15) is 5.10 Å². The van der Waals surface area contributed by atoms with Gasteiger partial charge in [0.05, 0.1) is 12.8 Å². The minimum absolute atomic E-state index is 0.168. The Balaban J connectivity index is 1.59. The summed E-state index contributed by atoms with van der Waals surface area (Å²) in [5.41, 5.74) is 0.857. The lowest BCUT2D eigenvalue weighted by Gasteiger charge is -2.09. The Morgan fingerprint density at radius 2 is 2.17 bits per heavy atom. The van der Waals surface area contributed by atoms with Crippen LogP contribution in [0.1, 0.15) is 22.6 Å². The first-order chi connectivity index (χ1) is 11.7. The summed E-state index contributed by atoms with van der Waals surface area (Å²) in [7, 11) is 1.57. The summed E-state index contributed by atoms with van der Waals surface area (Å²) in [5.74, 6) is 0.668. The van der Waals surface area contributed by atoms with Crippen molar-refractivity contribution in [1.29, 1.82) is 0 Å².